The monoisotopic (exact) mass is 281 g/mol. The smallest absolute Gasteiger partial charge is 0.258 e. The maximum atomic E-state index is 11.0. The summed E-state index contributed by atoms with van der Waals surface area (Å²) in [6, 6.07) is 15.7. The predicted molar refractivity (Wildman–Crippen MR) is 83.6 cm³/mol. The highest BCUT2D eigenvalue weighted by atomic mass is 16.6. The number of fused-ring (bicyclic) bond motifs is 1. The molecule has 0 saturated carbocycles. The van der Waals surface area contributed by atoms with Crippen LogP contribution in [0.3, 0.4) is 0 Å². The molecule has 3 rings (SSSR count). The summed E-state index contributed by atoms with van der Waals surface area (Å²) in [6.45, 7) is 6.58. The molecule has 0 heterocycles. The number of nitro benzene ring substituents is 1. The Kier molecular flexibility index (Phi) is 2.90. The van der Waals surface area contributed by atoms with Gasteiger partial charge >= 0.3 is 0 Å². The van der Waals surface area contributed by atoms with Gasteiger partial charge in [0.25, 0.3) is 5.69 Å². The molecule has 2 aromatic carbocycles. The molecular formula is C18H19NO2. The number of rotatable bonds is 2. The molecule has 1 aliphatic rings. The quantitative estimate of drug-likeness (QED) is 0.597. The fourth-order valence-corrected chi connectivity index (χ4v) is 3.82. The second-order valence-electron chi connectivity index (χ2n) is 6.75. The topological polar surface area (TPSA) is 43.1 Å². The Bertz CT molecular complexity index is 706. The number of non-ortho nitro benzene ring substituents is 1. The van der Waals surface area contributed by atoms with Crippen molar-refractivity contribution in [2.45, 2.75) is 38.0 Å². The lowest BCUT2D eigenvalue weighted by atomic mass is 9.75. The van der Waals surface area contributed by atoms with Crippen molar-refractivity contribution in [1.82, 2.24) is 0 Å². The van der Waals surface area contributed by atoms with Crippen LogP contribution in [0.15, 0.2) is 48.5 Å². The summed E-state index contributed by atoms with van der Waals surface area (Å²) in [4.78, 5) is 10.7. The van der Waals surface area contributed by atoms with E-state index in [2.05, 4.69) is 45.0 Å². The first-order valence-corrected chi connectivity index (χ1v) is 7.19. The summed E-state index contributed by atoms with van der Waals surface area (Å²) in [6.07, 6.45) is 0.959. The Labute approximate surface area is 124 Å². The van der Waals surface area contributed by atoms with E-state index in [1.165, 1.54) is 11.1 Å². The van der Waals surface area contributed by atoms with Crippen LogP contribution in [0.2, 0.25) is 0 Å². The zero-order valence-electron chi connectivity index (χ0n) is 12.6. The van der Waals surface area contributed by atoms with Crippen LogP contribution in [0, 0.1) is 10.1 Å². The summed E-state index contributed by atoms with van der Waals surface area (Å²) in [5.74, 6) is 0. The number of nitrogens with zero attached hydrogens (tertiary/aromatic N) is 1. The van der Waals surface area contributed by atoms with E-state index in [-0.39, 0.29) is 21.4 Å². The predicted octanol–water partition coefficient (Wildman–Crippen LogP) is 4.58. The summed E-state index contributed by atoms with van der Waals surface area (Å²) in [7, 11) is 0. The first-order chi connectivity index (χ1) is 9.84. The van der Waals surface area contributed by atoms with Gasteiger partial charge in [0.2, 0.25) is 0 Å². The van der Waals surface area contributed by atoms with Crippen molar-refractivity contribution in [1.29, 1.82) is 0 Å². The first-order valence-electron chi connectivity index (χ1n) is 7.19. The number of hydrogen-bond donors (Lipinski definition) is 0. The second-order valence-corrected chi connectivity index (χ2v) is 6.75. The molecule has 21 heavy (non-hydrogen) atoms. The van der Waals surface area contributed by atoms with Crippen LogP contribution in [0.5, 0.6) is 0 Å². The van der Waals surface area contributed by atoms with Crippen LogP contribution in [0.25, 0.3) is 0 Å². The molecule has 0 bridgehead atoms. The SMILES string of the molecule is CC1(C)C[C@](C)(c2ccccc2)c2ccc([N+](=O)[O-])cc21. The zero-order valence-corrected chi connectivity index (χ0v) is 12.6. The van der Waals surface area contributed by atoms with Gasteiger partial charge in [-0.15, -0.1) is 0 Å². The largest absolute Gasteiger partial charge is 0.269 e. The molecule has 0 radical (unpaired) electrons. The van der Waals surface area contributed by atoms with Gasteiger partial charge in [0.15, 0.2) is 0 Å². The molecule has 0 spiro atoms. The highest BCUT2D eigenvalue weighted by Crippen LogP contribution is 2.53. The van der Waals surface area contributed by atoms with Crippen LogP contribution in [0.1, 0.15) is 43.9 Å². The molecule has 3 nitrogen and oxygen atoms in total. The Morgan fingerprint density at radius 3 is 2.29 bits per heavy atom. The third kappa shape index (κ3) is 2.04. The van der Waals surface area contributed by atoms with Gasteiger partial charge < -0.3 is 0 Å². The summed E-state index contributed by atoms with van der Waals surface area (Å²) >= 11 is 0. The Balaban J connectivity index is 2.21. The van der Waals surface area contributed by atoms with Gasteiger partial charge in [-0.2, -0.15) is 0 Å². The van der Waals surface area contributed by atoms with E-state index in [0.717, 1.165) is 12.0 Å². The normalized spacial score (nSPS) is 22.8. The summed E-state index contributed by atoms with van der Waals surface area (Å²) < 4.78 is 0. The van der Waals surface area contributed by atoms with E-state index >= 15 is 0 Å². The van der Waals surface area contributed by atoms with E-state index in [0.29, 0.717) is 0 Å². The highest BCUT2D eigenvalue weighted by molar-refractivity contribution is 5.55. The van der Waals surface area contributed by atoms with Crippen molar-refractivity contribution in [2.24, 2.45) is 0 Å². The molecule has 0 unspecified atom stereocenters. The second kappa shape index (κ2) is 4.42. The van der Waals surface area contributed by atoms with Gasteiger partial charge in [0.05, 0.1) is 4.92 Å². The minimum absolute atomic E-state index is 0.0635. The molecule has 1 aliphatic carbocycles. The minimum atomic E-state index is -0.311. The van der Waals surface area contributed by atoms with Gasteiger partial charge in [0.1, 0.15) is 0 Å². The third-order valence-electron chi connectivity index (χ3n) is 4.74. The molecule has 0 saturated heterocycles. The average Bonchev–Trinajstić information content (AvgIpc) is 2.67. The lowest BCUT2D eigenvalue weighted by molar-refractivity contribution is -0.385. The molecule has 0 N–H and O–H groups in total. The van der Waals surface area contributed by atoms with Crippen molar-refractivity contribution >= 4 is 5.69 Å². The highest BCUT2D eigenvalue weighted by Gasteiger charge is 2.46. The van der Waals surface area contributed by atoms with E-state index < -0.39 is 0 Å². The fraction of sp³-hybridized carbons (Fsp3) is 0.333. The molecule has 1 atom stereocenters. The van der Waals surface area contributed by atoms with Gasteiger partial charge in [-0.3, -0.25) is 10.1 Å². The third-order valence-corrected chi connectivity index (χ3v) is 4.74. The van der Waals surface area contributed by atoms with Crippen LogP contribution in [-0.4, -0.2) is 4.92 Å². The average molecular weight is 281 g/mol. The van der Waals surface area contributed by atoms with Crippen molar-refractivity contribution in [3.05, 3.63) is 75.3 Å². The van der Waals surface area contributed by atoms with Gasteiger partial charge in [-0.1, -0.05) is 57.2 Å². The summed E-state index contributed by atoms with van der Waals surface area (Å²) in [5.41, 5.74) is 3.61. The van der Waals surface area contributed by atoms with Crippen LogP contribution in [0.4, 0.5) is 5.69 Å². The van der Waals surface area contributed by atoms with Gasteiger partial charge in [-0.25, -0.2) is 0 Å². The number of hydrogen-bond acceptors (Lipinski definition) is 2. The molecule has 0 amide bonds. The van der Waals surface area contributed by atoms with Crippen LogP contribution < -0.4 is 0 Å². The Hall–Kier alpha value is -2.16. The van der Waals surface area contributed by atoms with E-state index in [9.17, 15) is 10.1 Å². The Morgan fingerprint density at radius 1 is 1.00 bits per heavy atom. The molecule has 0 fully saturated rings. The first kappa shape index (κ1) is 13.8. The molecule has 0 aliphatic heterocycles. The van der Waals surface area contributed by atoms with Crippen molar-refractivity contribution in [3.63, 3.8) is 0 Å². The number of benzene rings is 2. The zero-order chi connectivity index (χ0) is 15.3. The van der Waals surface area contributed by atoms with Crippen LogP contribution >= 0.6 is 0 Å². The number of nitro groups is 1. The lowest BCUT2D eigenvalue weighted by Gasteiger charge is -2.28. The standard InChI is InChI=1S/C18H19NO2/c1-17(2)12-18(3,13-7-5-4-6-8-13)15-10-9-14(19(20)21)11-16(15)17/h4-11H,12H2,1-3H3/t18-/m1/s1. The van der Waals surface area contributed by atoms with E-state index in [4.69, 9.17) is 0 Å². The molecule has 108 valence electrons. The van der Waals surface area contributed by atoms with Gasteiger partial charge in [0, 0.05) is 17.5 Å². The van der Waals surface area contributed by atoms with Gasteiger partial charge in [-0.05, 0) is 28.5 Å². The maximum absolute atomic E-state index is 11.0. The van der Waals surface area contributed by atoms with Crippen LogP contribution in [-0.2, 0) is 10.8 Å². The molecule has 2 aromatic rings. The molecule has 3 heteroatoms. The Morgan fingerprint density at radius 2 is 1.67 bits per heavy atom. The molecular weight excluding hydrogens is 262 g/mol. The van der Waals surface area contributed by atoms with E-state index in [1.54, 1.807) is 12.1 Å². The maximum Gasteiger partial charge on any atom is 0.269 e. The molecule has 0 aromatic heterocycles. The minimum Gasteiger partial charge on any atom is -0.258 e. The fourth-order valence-electron chi connectivity index (χ4n) is 3.82. The van der Waals surface area contributed by atoms with Crippen molar-refractivity contribution < 1.29 is 4.92 Å². The van der Waals surface area contributed by atoms with E-state index in [1.807, 2.05) is 12.1 Å². The lowest BCUT2D eigenvalue weighted by Crippen LogP contribution is -2.23. The van der Waals surface area contributed by atoms with Crippen molar-refractivity contribution in [2.75, 3.05) is 0 Å². The van der Waals surface area contributed by atoms with Crippen molar-refractivity contribution in [3.8, 4) is 0 Å². The summed E-state index contributed by atoms with van der Waals surface area (Å²) in [5, 5.41) is 11.0.